The molecule has 0 saturated carbocycles. The molecular formula is C13H14ClN3. The highest BCUT2D eigenvalue weighted by Crippen LogP contribution is 2.18. The van der Waals surface area contributed by atoms with Crippen LogP contribution in [0.4, 0.5) is 5.69 Å². The summed E-state index contributed by atoms with van der Waals surface area (Å²) in [6, 6.07) is 7.72. The Balaban J connectivity index is 2.28. The fraction of sp³-hybridized carbons (Fsp3) is 0.231. The largest absolute Gasteiger partial charge is 0.396 e. The number of halogens is 1. The smallest absolute Gasteiger partial charge is 0.133 e. The van der Waals surface area contributed by atoms with E-state index in [2.05, 4.69) is 9.97 Å². The maximum absolute atomic E-state index is 6.10. The fourth-order valence-corrected chi connectivity index (χ4v) is 1.85. The zero-order valence-corrected chi connectivity index (χ0v) is 10.4. The van der Waals surface area contributed by atoms with Crippen LogP contribution in [0.5, 0.6) is 0 Å². The zero-order chi connectivity index (χ0) is 12.3. The molecule has 0 aliphatic rings. The molecule has 3 nitrogen and oxygen atoms in total. The third kappa shape index (κ3) is 2.74. The van der Waals surface area contributed by atoms with E-state index in [1.807, 2.05) is 31.2 Å². The molecule has 1 aromatic heterocycles. The van der Waals surface area contributed by atoms with E-state index < -0.39 is 0 Å². The molecule has 0 unspecified atom stereocenters. The molecule has 0 radical (unpaired) electrons. The van der Waals surface area contributed by atoms with Gasteiger partial charge in [0.2, 0.25) is 0 Å². The van der Waals surface area contributed by atoms with Crippen molar-refractivity contribution >= 4 is 17.3 Å². The molecule has 0 amide bonds. The van der Waals surface area contributed by atoms with Gasteiger partial charge in [0, 0.05) is 11.4 Å². The summed E-state index contributed by atoms with van der Waals surface area (Å²) >= 11 is 6.10. The maximum Gasteiger partial charge on any atom is 0.133 e. The molecule has 2 aromatic rings. The highest BCUT2D eigenvalue weighted by molar-refractivity contribution is 6.31. The first-order chi connectivity index (χ1) is 8.20. The van der Waals surface area contributed by atoms with Crippen molar-refractivity contribution < 1.29 is 0 Å². The molecule has 88 valence electrons. The molecule has 0 atom stereocenters. The first-order valence-corrected chi connectivity index (χ1v) is 5.92. The summed E-state index contributed by atoms with van der Waals surface area (Å²) < 4.78 is 0. The summed E-state index contributed by atoms with van der Waals surface area (Å²) in [5.74, 6) is 0.754. The van der Waals surface area contributed by atoms with Gasteiger partial charge in [0.1, 0.15) is 5.82 Å². The fourth-order valence-electron chi connectivity index (χ4n) is 1.65. The lowest BCUT2D eigenvalue weighted by atomic mass is 10.1. The van der Waals surface area contributed by atoms with Crippen LogP contribution in [-0.2, 0) is 12.8 Å². The van der Waals surface area contributed by atoms with Crippen molar-refractivity contribution in [3.05, 3.63) is 52.6 Å². The van der Waals surface area contributed by atoms with Gasteiger partial charge in [-0.2, -0.15) is 0 Å². The van der Waals surface area contributed by atoms with Crippen molar-refractivity contribution in [2.75, 3.05) is 5.73 Å². The normalized spacial score (nSPS) is 10.5. The average molecular weight is 248 g/mol. The van der Waals surface area contributed by atoms with E-state index in [1.54, 1.807) is 6.20 Å². The van der Waals surface area contributed by atoms with E-state index in [0.29, 0.717) is 12.1 Å². The Hall–Kier alpha value is -1.61. The van der Waals surface area contributed by atoms with Gasteiger partial charge >= 0.3 is 0 Å². The van der Waals surface area contributed by atoms with Crippen molar-refractivity contribution in [2.45, 2.75) is 19.8 Å². The molecular weight excluding hydrogens is 234 g/mol. The molecule has 2 N–H and O–H groups in total. The third-order valence-electron chi connectivity index (χ3n) is 2.59. The number of rotatable bonds is 3. The van der Waals surface area contributed by atoms with E-state index in [1.165, 1.54) is 0 Å². The van der Waals surface area contributed by atoms with E-state index in [4.69, 9.17) is 17.3 Å². The van der Waals surface area contributed by atoms with Crippen LogP contribution in [0.15, 0.2) is 30.5 Å². The first-order valence-electron chi connectivity index (χ1n) is 5.54. The van der Waals surface area contributed by atoms with Gasteiger partial charge in [-0.3, -0.25) is 0 Å². The number of benzene rings is 1. The van der Waals surface area contributed by atoms with Gasteiger partial charge in [0.25, 0.3) is 0 Å². The molecule has 1 heterocycles. The van der Waals surface area contributed by atoms with Crippen molar-refractivity contribution in [3.63, 3.8) is 0 Å². The number of hydrogen-bond acceptors (Lipinski definition) is 3. The highest BCUT2D eigenvalue weighted by atomic mass is 35.5. The van der Waals surface area contributed by atoms with Gasteiger partial charge in [-0.05, 0) is 18.1 Å². The minimum absolute atomic E-state index is 0.632. The van der Waals surface area contributed by atoms with Crippen LogP contribution >= 0.6 is 11.6 Å². The second-order valence-corrected chi connectivity index (χ2v) is 4.22. The van der Waals surface area contributed by atoms with Crippen molar-refractivity contribution in [1.29, 1.82) is 0 Å². The SMILES string of the molecule is CCc1nc(Cc2ccccc2Cl)ncc1N. The summed E-state index contributed by atoms with van der Waals surface area (Å²) in [4.78, 5) is 8.66. The molecule has 0 aliphatic heterocycles. The van der Waals surface area contributed by atoms with E-state index >= 15 is 0 Å². The molecule has 0 fully saturated rings. The number of nitrogen functional groups attached to an aromatic ring is 1. The highest BCUT2D eigenvalue weighted by Gasteiger charge is 2.06. The van der Waals surface area contributed by atoms with Crippen LogP contribution in [0.2, 0.25) is 5.02 Å². The minimum Gasteiger partial charge on any atom is -0.396 e. The number of aromatic nitrogens is 2. The summed E-state index contributed by atoms with van der Waals surface area (Å²) in [6.45, 7) is 2.03. The standard InChI is InChI=1S/C13H14ClN3/c1-2-12-11(15)8-16-13(17-12)7-9-5-3-4-6-10(9)14/h3-6,8H,2,7,15H2,1H3. The Morgan fingerprint density at radius 3 is 2.76 bits per heavy atom. The predicted molar refractivity (Wildman–Crippen MR) is 70.1 cm³/mol. The van der Waals surface area contributed by atoms with E-state index in [9.17, 15) is 0 Å². The Kier molecular flexibility index (Phi) is 3.59. The van der Waals surface area contributed by atoms with Crippen LogP contribution in [0.25, 0.3) is 0 Å². The van der Waals surface area contributed by atoms with Crippen LogP contribution in [0.1, 0.15) is 24.0 Å². The number of aryl methyl sites for hydroxylation is 1. The van der Waals surface area contributed by atoms with Gasteiger partial charge in [0.15, 0.2) is 0 Å². The Morgan fingerprint density at radius 2 is 2.06 bits per heavy atom. The lowest BCUT2D eigenvalue weighted by Crippen LogP contribution is -2.04. The molecule has 4 heteroatoms. The second kappa shape index (κ2) is 5.15. The number of nitrogens with two attached hydrogens (primary N) is 1. The second-order valence-electron chi connectivity index (χ2n) is 3.81. The van der Waals surface area contributed by atoms with Gasteiger partial charge in [-0.25, -0.2) is 9.97 Å². The van der Waals surface area contributed by atoms with Crippen LogP contribution in [-0.4, -0.2) is 9.97 Å². The molecule has 0 saturated heterocycles. The Labute approximate surface area is 106 Å². The van der Waals surface area contributed by atoms with Crippen LogP contribution in [0, 0.1) is 0 Å². The Bertz CT molecular complexity index is 526. The van der Waals surface area contributed by atoms with Crippen LogP contribution in [0.3, 0.4) is 0 Å². The third-order valence-corrected chi connectivity index (χ3v) is 2.96. The zero-order valence-electron chi connectivity index (χ0n) is 9.65. The topological polar surface area (TPSA) is 51.8 Å². The van der Waals surface area contributed by atoms with Gasteiger partial charge < -0.3 is 5.73 Å². The molecule has 17 heavy (non-hydrogen) atoms. The lowest BCUT2D eigenvalue weighted by Gasteiger charge is -2.06. The molecule has 0 spiro atoms. The van der Waals surface area contributed by atoms with Crippen molar-refractivity contribution in [2.24, 2.45) is 0 Å². The van der Waals surface area contributed by atoms with Crippen molar-refractivity contribution in [3.8, 4) is 0 Å². The van der Waals surface area contributed by atoms with E-state index in [-0.39, 0.29) is 0 Å². The molecule has 2 rings (SSSR count). The predicted octanol–water partition coefficient (Wildman–Crippen LogP) is 2.87. The Morgan fingerprint density at radius 1 is 1.29 bits per heavy atom. The summed E-state index contributed by atoms with van der Waals surface area (Å²) in [7, 11) is 0. The van der Waals surface area contributed by atoms with Crippen LogP contribution < -0.4 is 5.73 Å². The lowest BCUT2D eigenvalue weighted by molar-refractivity contribution is 0.910. The maximum atomic E-state index is 6.10. The van der Waals surface area contributed by atoms with Gasteiger partial charge in [0.05, 0.1) is 17.6 Å². The summed E-state index contributed by atoms with van der Waals surface area (Å²) in [5.41, 5.74) is 8.34. The minimum atomic E-state index is 0.632. The van der Waals surface area contributed by atoms with Gasteiger partial charge in [-0.15, -0.1) is 0 Å². The summed E-state index contributed by atoms with van der Waals surface area (Å²) in [6.07, 6.45) is 3.11. The van der Waals surface area contributed by atoms with Gasteiger partial charge in [-0.1, -0.05) is 36.7 Å². The number of anilines is 1. The average Bonchev–Trinajstić information content (AvgIpc) is 2.34. The monoisotopic (exact) mass is 247 g/mol. The van der Waals surface area contributed by atoms with Crippen molar-refractivity contribution in [1.82, 2.24) is 9.97 Å². The number of hydrogen-bond donors (Lipinski definition) is 1. The molecule has 1 aromatic carbocycles. The molecule has 0 aliphatic carbocycles. The first kappa shape index (κ1) is 11.9. The molecule has 0 bridgehead atoms. The summed E-state index contributed by atoms with van der Waals surface area (Å²) in [5, 5.41) is 0.742. The number of nitrogens with zero attached hydrogens (tertiary/aromatic N) is 2. The quantitative estimate of drug-likeness (QED) is 0.907. The van der Waals surface area contributed by atoms with E-state index in [0.717, 1.165) is 28.5 Å².